The van der Waals surface area contributed by atoms with Gasteiger partial charge >= 0.3 is 0 Å². The summed E-state index contributed by atoms with van der Waals surface area (Å²) >= 11 is 0. The molecule has 2 aromatic rings. The molecule has 0 saturated carbocycles. The molecule has 0 amide bonds. The van der Waals surface area contributed by atoms with Crippen LogP contribution in [0.1, 0.15) is 5.56 Å². The number of hydrogen-bond acceptors (Lipinski definition) is 4. The second-order valence-corrected chi connectivity index (χ2v) is 3.39. The number of hydrogen-bond donors (Lipinski definition) is 1. The Labute approximate surface area is 98.5 Å². The molecule has 1 heterocycles. The van der Waals surface area contributed by atoms with Gasteiger partial charge in [0.05, 0.1) is 6.20 Å². The van der Waals surface area contributed by atoms with Gasteiger partial charge in [-0.25, -0.2) is 9.37 Å². The minimum Gasteiger partial charge on any atom is -0.472 e. The first-order valence-electron chi connectivity index (χ1n) is 5.14. The number of benzene rings is 1. The van der Waals surface area contributed by atoms with Crippen LogP contribution in [0.25, 0.3) is 0 Å². The molecule has 0 spiro atoms. The molecule has 88 valence electrons. The van der Waals surface area contributed by atoms with E-state index in [1.54, 1.807) is 25.4 Å². The number of ether oxygens (including phenoxy) is 1. The van der Waals surface area contributed by atoms with Crippen LogP contribution in [0.5, 0.6) is 5.88 Å². The van der Waals surface area contributed by atoms with Crippen molar-refractivity contribution in [3.63, 3.8) is 0 Å². The summed E-state index contributed by atoms with van der Waals surface area (Å²) in [4.78, 5) is 7.80. The summed E-state index contributed by atoms with van der Waals surface area (Å²) in [6.07, 6.45) is 4.56. The molecule has 5 heteroatoms. The van der Waals surface area contributed by atoms with E-state index in [9.17, 15) is 4.39 Å². The summed E-state index contributed by atoms with van der Waals surface area (Å²) in [5, 5.41) is 2.94. The normalized spacial score (nSPS) is 10.0. The van der Waals surface area contributed by atoms with Gasteiger partial charge in [-0.15, -0.1) is 0 Å². The summed E-state index contributed by atoms with van der Waals surface area (Å²) in [7, 11) is 1.78. The van der Waals surface area contributed by atoms with Gasteiger partial charge in [0.25, 0.3) is 0 Å². The summed E-state index contributed by atoms with van der Waals surface area (Å²) < 4.78 is 18.8. The molecular weight excluding hydrogens is 221 g/mol. The number of rotatable bonds is 4. The molecule has 0 aliphatic rings. The summed E-state index contributed by atoms with van der Waals surface area (Å²) in [5.74, 6) is 0.0784. The van der Waals surface area contributed by atoms with Crippen LogP contribution in [0, 0.1) is 5.82 Å². The minimum atomic E-state index is -0.298. The maximum atomic E-state index is 13.5. The number of nitrogens with zero attached hydrogens (tertiary/aromatic N) is 2. The van der Waals surface area contributed by atoms with E-state index in [1.807, 2.05) is 0 Å². The fraction of sp³-hybridized carbons (Fsp3) is 0.167. The van der Waals surface area contributed by atoms with Crippen molar-refractivity contribution in [1.82, 2.24) is 9.97 Å². The first kappa shape index (κ1) is 11.3. The van der Waals surface area contributed by atoms with Crippen molar-refractivity contribution in [3.8, 4) is 5.88 Å². The predicted octanol–water partition coefficient (Wildman–Crippen LogP) is 2.24. The zero-order valence-electron chi connectivity index (χ0n) is 9.35. The van der Waals surface area contributed by atoms with Crippen LogP contribution in [0.2, 0.25) is 0 Å². The molecule has 0 bridgehead atoms. The van der Waals surface area contributed by atoms with Gasteiger partial charge in [0.2, 0.25) is 5.88 Å². The molecule has 17 heavy (non-hydrogen) atoms. The number of nitrogens with one attached hydrogen (secondary N) is 1. The monoisotopic (exact) mass is 233 g/mol. The van der Waals surface area contributed by atoms with Gasteiger partial charge in [-0.05, 0) is 18.2 Å². The molecule has 0 unspecified atom stereocenters. The van der Waals surface area contributed by atoms with Crippen LogP contribution in [-0.4, -0.2) is 17.0 Å². The van der Waals surface area contributed by atoms with Crippen LogP contribution < -0.4 is 10.1 Å². The van der Waals surface area contributed by atoms with E-state index < -0.39 is 0 Å². The lowest BCUT2D eigenvalue weighted by atomic mass is 10.2. The summed E-state index contributed by atoms with van der Waals surface area (Å²) in [6.45, 7) is 0.125. The predicted molar refractivity (Wildman–Crippen MR) is 62.3 cm³/mol. The smallest absolute Gasteiger partial charge is 0.232 e. The summed E-state index contributed by atoms with van der Waals surface area (Å²) in [5.41, 5.74) is 1.31. The zero-order valence-corrected chi connectivity index (χ0v) is 9.35. The Morgan fingerprint density at radius 3 is 2.94 bits per heavy atom. The van der Waals surface area contributed by atoms with Crippen molar-refractivity contribution in [2.75, 3.05) is 12.4 Å². The summed E-state index contributed by atoms with van der Waals surface area (Å²) in [6, 6.07) is 4.77. The van der Waals surface area contributed by atoms with Crippen molar-refractivity contribution >= 4 is 5.69 Å². The Morgan fingerprint density at radius 2 is 2.24 bits per heavy atom. The minimum absolute atomic E-state index is 0.125. The quantitative estimate of drug-likeness (QED) is 0.879. The molecule has 1 aromatic heterocycles. The van der Waals surface area contributed by atoms with Crippen LogP contribution in [0.4, 0.5) is 10.1 Å². The van der Waals surface area contributed by atoms with Gasteiger partial charge in [0, 0.05) is 30.7 Å². The molecule has 0 radical (unpaired) electrons. The molecule has 4 nitrogen and oxygen atoms in total. The zero-order chi connectivity index (χ0) is 12.1. The van der Waals surface area contributed by atoms with Gasteiger partial charge in [0.1, 0.15) is 12.4 Å². The third-order valence-electron chi connectivity index (χ3n) is 2.25. The largest absolute Gasteiger partial charge is 0.472 e. The fourth-order valence-corrected chi connectivity index (χ4v) is 1.35. The first-order valence-corrected chi connectivity index (χ1v) is 5.14. The van der Waals surface area contributed by atoms with Gasteiger partial charge < -0.3 is 10.1 Å². The average molecular weight is 233 g/mol. The highest BCUT2D eigenvalue weighted by atomic mass is 19.1. The van der Waals surface area contributed by atoms with Crippen molar-refractivity contribution in [2.45, 2.75) is 6.61 Å². The van der Waals surface area contributed by atoms with E-state index in [-0.39, 0.29) is 12.4 Å². The Balaban J connectivity index is 2.08. The van der Waals surface area contributed by atoms with E-state index in [0.717, 1.165) is 5.69 Å². The van der Waals surface area contributed by atoms with Crippen molar-refractivity contribution in [3.05, 3.63) is 48.2 Å². The van der Waals surface area contributed by atoms with Crippen LogP contribution >= 0.6 is 0 Å². The van der Waals surface area contributed by atoms with E-state index in [0.29, 0.717) is 11.4 Å². The molecule has 0 aliphatic carbocycles. The maximum Gasteiger partial charge on any atom is 0.232 e. The van der Waals surface area contributed by atoms with E-state index in [4.69, 9.17) is 4.74 Å². The highest BCUT2D eigenvalue weighted by Gasteiger charge is 2.04. The average Bonchev–Trinajstić information content (AvgIpc) is 2.39. The van der Waals surface area contributed by atoms with E-state index in [2.05, 4.69) is 15.3 Å². The standard InChI is InChI=1S/C12H12FN3O/c1-14-10-2-3-11(13)9(6-10)8-17-12-7-15-4-5-16-12/h2-7,14H,8H2,1H3. The van der Waals surface area contributed by atoms with Gasteiger partial charge in [-0.1, -0.05) is 0 Å². The topological polar surface area (TPSA) is 47.0 Å². The third kappa shape index (κ3) is 2.90. The maximum absolute atomic E-state index is 13.5. The van der Waals surface area contributed by atoms with Crippen molar-refractivity contribution in [1.29, 1.82) is 0 Å². The lowest BCUT2D eigenvalue weighted by Crippen LogP contribution is -2.01. The van der Waals surface area contributed by atoms with Crippen LogP contribution in [0.3, 0.4) is 0 Å². The van der Waals surface area contributed by atoms with Crippen LogP contribution in [-0.2, 0) is 6.61 Å². The Bertz CT molecular complexity index is 490. The lowest BCUT2D eigenvalue weighted by molar-refractivity contribution is 0.287. The molecule has 0 aliphatic heterocycles. The van der Waals surface area contributed by atoms with Gasteiger partial charge in [-0.3, -0.25) is 4.98 Å². The molecule has 0 atom stereocenters. The second-order valence-electron chi connectivity index (χ2n) is 3.39. The molecule has 1 aromatic carbocycles. The highest BCUT2D eigenvalue weighted by molar-refractivity contribution is 5.45. The molecule has 0 saturated heterocycles. The van der Waals surface area contributed by atoms with E-state index >= 15 is 0 Å². The number of aromatic nitrogens is 2. The molecular formula is C12H12FN3O. The van der Waals surface area contributed by atoms with Gasteiger partial charge in [0.15, 0.2) is 0 Å². The van der Waals surface area contributed by atoms with Crippen LogP contribution in [0.15, 0.2) is 36.8 Å². The third-order valence-corrected chi connectivity index (χ3v) is 2.25. The van der Waals surface area contributed by atoms with Crippen molar-refractivity contribution in [2.24, 2.45) is 0 Å². The first-order chi connectivity index (χ1) is 8.29. The van der Waals surface area contributed by atoms with Crippen molar-refractivity contribution < 1.29 is 9.13 Å². The Hall–Kier alpha value is -2.17. The Morgan fingerprint density at radius 1 is 1.35 bits per heavy atom. The molecule has 1 N–H and O–H groups in total. The number of halogens is 1. The van der Waals surface area contributed by atoms with E-state index in [1.165, 1.54) is 18.5 Å². The molecule has 0 fully saturated rings. The fourth-order valence-electron chi connectivity index (χ4n) is 1.35. The lowest BCUT2D eigenvalue weighted by Gasteiger charge is -2.07. The SMILES string of the molecule is CNc1ccc(F)c(COc2cnccn2)c1. The number of anilines is 1. The Kier molecular flexibility index (Phi) is 3.49. The second kappa shape index (κ2) is 5.25. The molecule has 2 rings (SSSR count). The van der Waals surface area contributed by atoms with Gasteiger partial charge in [-0.2, -0.15) is 0 Å². The highest BCUT2D eigenvalue weighted by Crippen LogP contribution is 2.16.